The molecule has 1 heterocycles. The van der Waals surface area contributed by atoms with Crippen LogP contribution in [0.1, 0.15) is 0 Å². The molecule has 0 aliphatic rings. The van der Waals surface area contributed by atoms with Crippen molar-refractivity contribution in [1.82, 2.24) is 14.8 Å². The monoisotopic (exact) mass is 278 g/mol. The van der Waals surface area contributed by atoms with Gasteiger partial charge in [-0.05, 0) is 12.1 Å². The van der Waals surface area contributed by atoms with Crippen molar-refractivity contribution in [3.05, 3.63) is 34.4 Å². The van der Waals surface area contributed by atoms with Crippen molar-refractivity contribution >= 4 is 17.6 Å². The first-order valence-corrected chi connectivity index (χ1v) is 5.82. The molecule has 3 N–H and O–H groups in total. The number of hydrogen-bond donors (Lipinski definition) is 2. The van der Waals surface area contributed by atoms with E-state index in [-0.39, 0.29) is 11.6 Å². The first-order chi connectivity index (χ1) is 9.61. The molecule has 0 aliphatic heterocycles. The van der Waals surface area contributed by atoms with Crippen molar-refractivity contribution in [3.8, 4) is 5.69 Å². The maximum absolute atomic E-state index is 10.6. The summed E-state index contributed by atoms with van der Waals surface area (Å²) in [6, 6.07) is 5.88. The molecular formula is C11H14N6O3. The predicted octanol–water partition coefficient (Wildman–Crippen LogP) is 0.816. The lowest BCUT2D eigenvalue weighted by atomic mass is 10.3. The van der Waals surface area contributed by atoms with E-state index in [1.807, 2.05) is 0 Å². The zero-order chi connectivity index (χ0) is 14.5. The van der Waals surface area contributed by atoms with E-state index in [0.29, 0.717) is 24.8 Å². The molecule has 1 aromatic carbocycles. The van der Waals surface area contributed by atoms with E-state index >= 15 is 0 Å². The van der Waals surface area contributed by atoms with Crippen LogP contribution in [0.25, 0.3) is 5.69 Å². The second kappa shape index (κ2) is 5.97. The second-order valence-electron chi connectivity index (χ2n) is 3.90. The molecular weight excluding hydrogens is 264 g/mol. The molecule has 2 aromatic rings. The number of nitrogen functional groups attached to an aromatic ring is 1. The van der Waals surface area contributed by atoms with Gasteiger partial charge in [0, 0.05) is 25.8 Å². The van der Waals surface area contributed by atoms with Crippen LogP contribution in [0, 0.1) is 10.1 Å². The average Bonchev–Trinajstić information content (AvgIpc) is 2.80. The highest BCUT2D eigenvalue weighted by Crippen LogP contribution is 2.17. The first-order valence-electron chi connectivity index (χ1n) is 5.82. The highest BCUT2D eigenvalue weighted by atomic mass is 16.6. The van der Waals surface area contributed by atoms with Crippen LogP contribution in [0.5, 0.6) is 0 Å². The molecule has 0 fully saturated rings. The number of ether oxygens (including phenoxy) is 1. The number of nitro benzene ring substituents is 1. The van der Waals surface area contributed by atoms with E-state index in [1.165, 1.54) is 16.8 Å². The Morgan fingerprint density at radius 2 is 2.15 bits per heavy atom. The highest BCUT2D eigenvalue weighted by Gasteiger charge is 2.10. The third kappa shape index (κ3) is 3.01. The number of methoxy groups -OCH3 is 1. The fourth-order valence-corrected chi connectivity index (χ4v) is 1.57. The van der Waals surface area contributed by atoms with Crippen LogP contribution in [-0.2, 0) is 4.74 Å². The van der Waals surface area contributed by atoms with Crippen LogP contribution in [0.4, 0.5) is 17.6 Å². The number of anilines is 2. The van der Waals surface area contributed by atoms with Crippen molar-refractivity contribution in [2.24, 2.45) is 0 Å². The van der Waals surface area contributed by atoms with E-state index in [2.05, 4.69) is 15.4 Å². The van der Waals surface area contributed by atoms with Gasteiger partial charge in [0.1, 0.15) is 0 Å². The van der Waals surface area contributed by atoms with E-state index in [0.717, 1.165) is 0 Å². The van der Waals surface area contributed by atoms with Crippen LogP contribution >= 0.6 is 0 Å². The van der Waals surface area contributed by atoms with Crippen molar-refractivity contribution in [1.29, 1.82) is 0 Å². The van der Waals surface area contributed by atoms with Gasteiger partial charge in [-0.1, -0.05) is 0 Å². The fraction of sp³-hybridized carbons (Fsp3) is 0.273. The highest BCUT2D eigenvalue weighted by molar-refractivity contribution is 5.45. The molecule has 2 rings (SSSR count). The minimum Gasteiger partial charge on any atom is -0.383 e. The zero-order valence-electron chi connectivity index (χ0n) is 10.8. The normalized spacial score (nSPS) is 10.4. The summed E-state index contributed by atoms with van der Waals surface area (Å²) in [5, 5.41) is 17.7. The molecule has 106 valence electrons. The fourth-order valence-electron chi connectivity index (χ4n) is 1.57. The van der Waals surface area contributed by atoms with Gasteiger partial charge in [-0.3, -0.25) is 10.1 Å². The van der Waals surface area contributed by atoms with Gasteiger partial charge in [-0.2, -0.15) is 9.67 Å². The maximum Gasteiger partial charge on any atom is 0.269 e. The van der Waals surface area contributed by atoms with Crippen LogP contribution in [0.3, 0.4) is 0 Å². The van der Waals surface area contributed by atoms with Crippen molar-refractivity contribution in [2.75, 3.05) is 31.3 Å². The predicted molar refractivity (Wildman–Crippen MR) is 72.8 cm³/mol. The number of benzene rings is 1. The van der Waals surface area contributed by atoms with Gasteiger partial charge in [0.05, 0.1) is 17.2 Å². The van der Waals surface area contributed by atoms with Crippen LogP contribution in [0.2, 0.25) is 0 Å². The molecule has 0 amide bonds. The minimum absolute atomic E-state index is 0.00544. The van der Waals surface area contributed by atoms with Gasteiger partial charge in [-0.25, -0.2) is 0 Å². The van der Waals surface area contributed by atoms with Gasteiger partial charge in [0.15, 0.2) is 0 Å². The summed E-state index contributed by atoms with van der Waals surface area (Å²) in [4.78, 5) is 14.2. The number of hydrogen-bond acceptors (Lipinski definition) is 7. The van der Waals surface area contributed by atoms with E-state index in [4.69, 9.17) is 10.5 Å². The van der Waals surface area contributed by atoms with Crippen molar-refractivity contribution < 1.29 is 9.66 Å². The number of non-ortho nitro benzene ring substituents is 1. The largest absolute Gasteiger partial charge is 0.383 e. The summed E-state index contributed by atoms with van der Waals surface area (Å²) >= 11 is 0. The molecule has 0 saturated heterocycles. The number of rotatable bonds is 6. The minimum atomic E-state index is -0.466. The van der Waals surface area contributed by atoms with Crippen LogP contribution in [0.15, 0.2) is 24.3 Å². The van der Waals surface area contributed by atoms with Gasteiger partial charge < -0.3 is 15.8 Å². The Kier molecular flexibility index (Phi) is 4.11. The maximum atomic E-state index is 10.6. The SMILES string of the molecule is COCCNc1nc(N)n(-c2ccc([N+](=O)[O-])cc2)n1. The van der Waals surface area contributed by atoms with Gasteiger partial charge >= 0.3 is 0 Å². The van der Waals surface area contributed by atoms with Crippen LogP contribution in [-0.4, -0.2) is 39.9 Å². The summed E-state index contributed by atoms with van der Waals surface area (Å²) < 4.78 is 6.30. The standard InChI is InChI=1S/C11H14N6O3/c1-20-7-6-13-11-14-10(12)16(15-11)8-2-4-9(5-3-8)17(18)19/h2-5H,6-7H2,1H3,(H3,12,13,14,15). The number of aromatic nitrogens is 3. The van der Waals surface area contributed by atoms with E-state index in [1.54, 1.807) is 19.2 Å². The Bertz CT molecular complexity index is 595. The van der Waals surface area contributed by atoms with Crippen molar-refractivity contribution in [2.45, 2.75) is 0 Å². The van der Waals surface area contributed by atoms with Gasteiger partial charge in [0.2, 0.25) is 11.9 Å². The topological polar surface area (TPSA) is 121 Å². The quantitative estimate of drug-likeness (QED) is 0.455. The molecule has 9 nitrogen and oxygen atoms in total. The Hall–Kier alpha value is -2.68. The first kappa shape index (κ1) is 13.7. The van der Waals surface area contributed by atoms with E-state index in [9.17, 15) is 10.1 Å². The smallest absolute Gasteiger partial charge is 0.269 e. The molecule has 1 aromatic heterocycles. The molecule has 0 spiro atoms. The second-order valence-corrected chi connectivity index (χ2v) is 3.90. The molecule has 0 bridgehead atoms. The Balaban J connectivity index is 2.17. The summed E-state index contributed by atoms with van der Waals surface area (Å²) in [6.07, 6.45) is 0. The lowest BCUT2D eigenvalue weighted by Gasteiger charge is -2.01. The third-order valence-electron chi connectivity index (χ3n) is 2.53. The molecule has 0 saturated carbocycles. The molecule has 0 aliphatic carbocycles. The lowest BCUT2D eigenvalue weighted by molar-refractivity contribution is -0.384. The third-order valence-corrected chi connectivity index (χ3v) is 2.53. The molecule has 0 atom stereocenters. The molecule has 9 heteroatoms. The zero-order valence-corrected chi connectivity index (χ0v) is 10.8. The number of nitrogens with zero attached hydrogens (tertiary/aromatic N) is 4. The number of nitro groups is 1. The average molecular weight is 278 g/mol. The Morgan fingerprint density at radius 1 is 1.45 bits per heavy atom. The van der Waals surface area contributed by atoms with Crippen LogP contribution < -0.4 is 11.1 Å². The molecule has 0 radical (unpaired) electrons. The Morgan fingerprint density at radius 3 is 2.75 bits per heavy atom. The van der Waals surface area contributed by atoms with Gasteiger partial charge in [0.25, 0.3) is 5.69 Å². The summed E-state index contributed by atoms with van der Waals surface area (Å²) in [6.45, 7) is 1.08. The number of nitrogens with two attached hydrogens (primary N) is 1. The van der Waals surface area contributed by atoms with E-state index < -0.39 is 4.92 Å². The van der Waals surface area contributed by atoms with Gasteiger partial charge in [-0.15, -0.1) is 5.10 Å². The Labute approximate surface area is 114 Å². The number of nitrogens with one attached hydrogen (secondary N) is 1. The summed E-state index contributed by atoms with van der Waals surface area (Å²) in [5.74, 6) is 0.566. The molecule has 0 unspecified atom stereocenters. The van der Waals surface area contributed by atoms with Crippen molar-refractivity contribution in [3.63, 3.8) is 0 Å². The summed E-state index contributed by atoms with van der Waals surface area (Å²) in [5.41, 5.74) is 6.36. The molecule has 20 heavy (non-hydrogen) atoms. The lowest BCUT2D eigenvalue weighted by Crippen LogP contribution is -2.09. The summed E-state index contributed by atoms with van der Waals surface area (Å²) in [7, 11) is 1.60.